The molecule has 0 bridgehead atoms. The fourth-order valence-electron chi connectivity index (χ4n) is 5.69. The van der Waals surface area contributed by atoms with E-state index in [1.54, 1.807) is 11.8 Å². The number of nitrogens with zero attached hydrogens (tertiary/aromatic N) is 3. The molecule has 1 fully saturated rings. The Morgan fingerprint density at radius 1 is 1.13 bits per heavy atom. The highest BCUT2D eigenvalue weighted by molar-refractivity contribution is 7.91. The van der Waals surface area contributed by atoms with Gasteiger partial charge in [0.1, 0.15) is 29.0 Å². The van der Waals surface area contributed by atoms with Crippen molar-refractivity contribution in [2.45, 2.75) is 57.4 Å². The molecule has 1 aliphatic rings. The van der Waals surface area contributed by atoms with Crippen LogP contribution in [0.15, 0.2) is 48.0 Å². The summed E-state index contributed by atoms with van der Waals surface area (Å²) in [6, 6.07) is 7.14. The van der Waals surface area contributed by atoms with Gasteiger partial charge in [-0.05, 0) is 63.2 Å². The summed E-state index contributed by atoms with van der Waals surface area (Å²) in [5.74, 6) is -3.26. The van der Waals surface area contributed by atoms with Crippen LogP contribution in [-0.4, -0.2) is 57.4 Å². The van der Waals surface area contributed by atoms with Crippen LogP contribution >= 0.6 is 0 Å². The van der Waals surface area contributed by atoms with Crippen LogP contribution in [0, 0.1) is 23.4 Å². The van der Waals surface area contributed by atoms with Crippen molar-refractivity contribution < 1.29 is 26.3 Å². The van der Waals surface area contributed by atoms with Crippen LogP contribution in [0.2, 0.25) is 0 Å². The summed E-state index contributed by atoms with van der Waals surface area (Å²) in [5.41, 5.74) is 7.24. The minimum atomic E-state index is -4.28. The first-order valence-corrected chi connectivity index (χ1v) is 16.5. The van der Waals surface area contributed by atoms with Crippen LogP contribution in [0.1, 0.15) is 62.4 Å². The van der Waals surface area contributed by atoms with Crippen molar-refractivity contribution in [1.29, 1.82) is 0 Å². The number of hydrogen-bond acceptors (Lipinski definition) is 6. The van der Waals surface area contributed by atoms with Gasteiger partial charge in [-0.25, -0.2) is 21.6 Å². The van der Waals surface area contributed by atoms with Gasteiger partial charge in [0.15, 0.2) is 0 Å². The van der Waals surface area contributed by atoms with Crippen molar-refractivity contribution in [3.8, 4) is 11.3 Å². The Balaban J connectivity index is 1.68. The van der Waals surface area contributed by atoms with Crippen molar-refractivity contribution in [2.24, 2.45) is 16.6 Å². The predicted molar refractivity (Wildman–Crippen MR) is 172 cm³/mol. The van der Waals surface area contributed by atoms with Gasteiger partial charge in [-0.2, -0.15) is 5.10 Å². The summed E-state index contributed by atoms with van der Waals surface area (Å²) < 4.78 is 79.6. The van der Waals surface area contributed by atoms with Gasteiger partial charge < -0.3 is 15.8 Å². The third-order valence-electron chi connectivity index (χ3n) is 8.04. The lowest BCUT2D eigenvalue weighted by Gasteiger charge is -2.31. The van der Waals surface area contributed by atoms with E-state index < -0.39 is 38.9 Å². The van der Waals surface area contributed by atoms with Crippen molar-refractivity contribution in [3.05, 3.63) is 77.2 Å². The fraction of sp³-hybridized carbons (Fsp3) is 0.438. The summed E-state index contributed by atoms with van der Waals surface area (Å²) in [6.07, 6.45) is 3.62. The average molecular weight is 647 g/mol. The van der Waals surface area contributed by atoms with Gasteiger partial charge in [-0.1, -0.05) is 24.8 Å². The molecule has 2 aromatic carbocycles. The molecule has 4 rings (SSSR count). The highest BCUT2D eigenvalue weighted by atomic mass is 32.2. The van der Waals surface area contributed by atoms with E-state index in [1.807, 2.05) is 18.6 Å². The quantitative estimate of drug-likeness (QED) is 0.126. The topological polar surface area (TPSA) is 124 Å². The number of allylic oxidation sites excluding steroid dienone is 1. The maximum atomic E-state index is 15.8. The molecule has 45 heavy (non-hydrogen) atoms. The Morgan fingerprint density at radius 3 is 2.44 bits per heavy atom. The van der Waals surface area contributed by atoms with E-state index in [0.717, 1.165) is 56.0 Å². The Hall–Kier alpha value is -3.68. The van der Waals surface area contributed by atoms with Gasteiger partial charge in [-0.3, -0.25) is 14.4 Å². The van der Waals surface area contributed by atoms with E-state index >= 15 is 8.78 Å². The van der Waals surface area contributed by atoms with Crippen molar-refractivity contribution in [2.75, 3.05) is 32.0 Å². The lowest BCUT2D eigenvalue weighted by molar-refractivity contribution is 0.190. The molecule has 0 spiro atoms. The monoisotopic (exact) mass is 646 g/mol. The van der Waals surface area contributed by atoms with E-state index in [1.165, 1.54) is 25.2 Å². The number of methoxy groups -OCH3 is 1. The lowest BCUT2D eigenvalue weighted by atomic mass is 9.80. The minimum absolute atomic E-state index is 0.0648. The summed E-state index contributed by atoms with van der Waals surface area (Å²) >= 11 is 0. The summed E-state index contributed by atoms with van der Waals surface area (Å²) in [7, 11) is -1.11. The van der Waals surface area contributed by atoms with Crippen molar-refractivity contribution in [1.82, 2.24) is 15.1 Å². The largest absolute Gasteiger partial charge is 0.383 e. The van der Waals surface area contributed by atoms with E-state index in [9.17, 15) is 12.8 Å². The predicted octanol–water partition coefficient (Wildman–Crippen LogP) is 5.63. The molecule has 0 unspecified atom stereocenters. The van der Waals surface area contributed by atoms with Crippen LogP contribution in [-0.2, 0) is 20.5 Å². The molecular weight excluding hydrogens is 605 g/mol. The summed E-state index contributed by atoms with van der Waals surface area (Å²) in [4.78, 5) is 4.16. The average Bonchev–Trinajstić information content (AvgIpc) is 3.40. The Labute approximate surface area is 262 Å². The third kappa shape index (κ3) is 7.95. The zero-order valence-electron chi connectivity index (χ0n) is 26.0. The number of nitrogens with two attached hydrogens (primary N) is 1. The lowest BCUT2D eigenvalue weighted by Crippen LogP contribution is -2.35. The molecule has 9 nitrogen and oxygen atoms in total. The number of rotatable bonds is 13. The molecule has 1 heterocycles. The second-order valence-electron chi connectivity index (χ2n) is 11.5. The standard InChI is InChI=1S/C32H41F3N6O3S/c1-19(2)41-31(20(3)21-10-12-23(13-11-21)38-14-15-44-5)29(32(36)37-4)30(39-41)24-16-27(35)28(17-26(24)34)40-45(42,43)18-22-8-6-7-9-25(22)33/h6-9,16-17,19,21,23,38,40H,3,10-15,18H2,1-2,4-5H3,(H2,36,37). The van der Waals surface area contributed by atoms with Gasteiger partial charge in [0.25, 0.3) is 0 Å². The molecule has 0 radical (unpaired) electrons. The summed E-state index contributed by atoms with van der Waals surface area (Å²) in [5, 5.41) is 8.20. The molecule has 0 amide bonds. The molecule has 13 heteroatoms. The fourth-order valence-corrected chi connectivity index (χ4v) is 6.90. The van der Waals surface area contributed by atoms with Gasteiger partial charge in [-0.15, -0.1) is 0 Å². The first-order chi connectivity index (χ1) is 21.4. The van der Waals surface area contributed by atoms with E-state index in [4.69, 9.17) is 10.5 Å². The van der Waals surface area contributed by atoms with Crippen LogP contribution < -0.4 is 15.8 Å². The highest BCUT2D eigenvalue weighted by Crippen LogP contribution is 2.40. The van der Waals surface area contributed by atoms with Crippen LogP contribution in [0.5, 0.6) is 0 Å². The number of ether oxygens (including phenoxy) is 1. The molecule has 0 atom stereocenters. The first kappa shape index (κ1) is 34.2. The normalized spacial score (nSPS) is 17.6. The molecule has 1 aliphatic carbocycles. The number of halogens is 3. The molecular formula is C32H41F3N6O3S. The number of benzene rings is 2. The van der Waals surface area contributed by atoms with Crippen molar-refractivity contribution >= 4 is 27.1 Å². The van der Waals surface area contributed by atoms with Gasteiger partial charge >= 0.3 is 0 Å². The zero-order valence-corrected chi connectivity index (χ0v) is 26.9. The number of hydrogen-bond donors (Lipinski definition) is 3. The van der Waals surface area contributed by atoms with Crippen LogP contribution in [0.25, 0.3) is 16.8 Å². The number of anilines is 1. The Morgan fingerprint density at radius 2 is 1.82 bits per heavy atom. The number of nitrogens with one attached hydrogen (secondary N) is 2. The SMILES string of the molecule is C=C(c1c(C(N)=NC)c(-c2cc(F)c(NS(=O)(=O)Cc3ccccc3F)cc2F)nn1C(C)C)C1CCC(NCCOC)CC1. The van der Waals surface area contributed by atoms with E-state index in [-0.39, 0.29) is 34.6 Å². The Kier molecular flexibility index (Phi) is 11.1. The molecule has 4 N–H and O–H groups in total. The maximum Gasteiger partial charge on any atom is 0.237 e. The number of aliphatic imine (C=N–C) groups is 1. The number of sulfonamides is 1. The second-order valence-corrected chi connectivity index (χ2v) is 13.2. The zero-order chi connectivity index (χ0) is 32.9. The minimum Gasteiger partial charge on any atom is -0.383 e. The highest BCUT2D eigenvalue weighted by Gasteiger charge is 2.32. The van der Waals surface area contributed by atoms with E-state index in [0.29, 0.717) is 23.9 Å². The molecule has 3 aromatic rings. The van der Waals surface area contributed by atoms with Crippen LogP contribution in [0.4, 0.5) is 18.9 Å². The molecule has 1 saturated carbocycles. The van der Waals surface area contributed by atoms with Gasteiger partial charge in [0.2, 0.25) is 10.0 Å². The van der Waals surface area contributed by atoms with Crippen molar-refractivity contribution in [3.63, 3.8) is 0 Å². The number of aromatic nitrogens is 2. The third-order valence-corrected chi connectivity index (χ3v) is 9.26. The van der Waals surface area contributed by atoms with Crippen LogP contribution in [0.3, 0.4) is 0 Å². The molecule has 0 aliphatic heterocycles. The second kappa shape index (κ2) is 14.6. The summed E-state index contributed by atoms with van der Waals surface area (Å²) in [6.45, 7) is 9.67. The molecule has 0 saturated heterocycles. The van der Waals surface area contributed by atoms with Gasteiger partial charge in [0, 0.05) is 50.0 Å². The molecule has 244 valence electrons. The first-order valence-electron chi connectivity index (χ1n) is 14.9. The number of amidine groups is 1. The van der Waals surface area contributed by atoms with E-state index in [2.05, 4.69) is 22.0 Å². The Bertz CT molecular complexity index is 1660. The van der Waals surface area contributed by atoms with Gasteiger partial charge in [0.05, 0.1) is 29.3 Å². The maximum absolute atomic E-state index is 15.8. The smallest absolute Gasteiger partial charge is 0.237 e. The molecule has 1 aromatic heterocycles.